The van der Waals surface area contributed by atoms with Crippen molar-refractivity contribution < 1.29 is 13.6 Å². The smallest absolute Gasteiger partial charge is 0.263 e. The van der Waals surface area contributed by atoms with Gasteiger partial charge in [0.05, 0.1) is 4.91 Å². The van der Waals surface area contributed by atoms with Crippen molar-refractivity contribution in [1.82, 2.24) is 10.3 Å². The second-order valence-electron chi connectivity index (χ2n) is 5.62. The van der Waals surface area contributed by atoms with Gasteiger partial charge in [0.2, 0.25) is 0 Å². The van der Waals surface area contributed by atoms with Crippen LogP contribution in [0.3, 0.4) is 0 Å². The molecule has 3 heterocycles. The second-order valence-corrected chi connectivity index (χ2v) is 7.34. The maximum atomic E-state index is 13.7. The van der Waals surface area contributed by atoms with E-state index in [1.807, 2.05) is 13.0 Å². The van der Waals surface area contributed by atoms with Gasteiger partial charge in [-0.25, -0.2) is 4.39 Å². The first-order chi connectivity index (χ1) is 12.0. The van der Waals surface area contributed by atoms with Gasteiger partial charge in [-0.2, -0.15) is 0 Å². The zero-order chi connectivity index (χ0) is 17.6. The number of rotatable bonds is 2. The summed E-state index contributed by atoms with van der Waals surface area (Å²) in [4.78, 5) is 16.5. The fourth-order valence-corrected chi connectivity index (χ4v) is 3.73. The molecule has 0 spiro atoms. The molecule has 1 aliphatic rings. The first kappa shape index (κ1) is 16.0. The number of aromatic nitrogens is 1. The fourth-order valence-electron chi connectivity index (χ4n) is 2.70. The topological polar surface area (TPSA) is 55.1 Å². The monoisotopic (exact) mass is 370 g/mol. The van der Waals surface area contributed by atoms with Crippen molar-refractivity contribution in [3.8, 4) is 11.1 Å². The third-order valence-electron chi connectivity index (χ3n) is 3.71. The van der Waals surface area contributed by atoms with Crippen molar-refractivity contribution in [3.63, 3.8) is 0 Å². The van der Waals surface area contributed by atoms with E-state index in [0.717, 1.165) is 10.9 Å². The van der Waals surface area contributed by atoms with Crippen LogP contribution in [0.4, 0.5) is 4.39 Å². The number of furan rings is 1. The summed E-state index contributed by atoms with van der Waals surface area (Å²) >= 11 is 6.17. The Bertz CT molecular complexity index is 1050. The predicted octanol–water partition coefficient (Wildman–Crippen LogP) is 4.43. The quantitative estimate of drug-likeness (QED) is 0.534. The molecule has 0 aliphatic carbocycles. The number of fused-ring (bicyclic) bond motifs is 1. The molecule has 1 saturated heterocycles. The van der Waals surface area contributed by atoms with E-state index in [2.05, 4.69) is 10.3 Å². The molecule has 1 aliphatic heterocycles. The van der Waals surface area contributed by atoms with Gasteiger partial charge in [0.15, 0.2) is 0 Å². The number of halogens is 1. The zero-order valence-corrected chi connectivity index (χ0v) is 14.6. The minimum Gasteiger partial charge on any atom is -0.456 e. The third kappa shape index (κ3) is 3.08. The van der Waals surface area contributed by atoms with Gasteiger partial charge < -0.3 is 9.73 Å². The van der Waals surface area contributed by atoms with E-state index >= 15 is 0 Å². The van der Waals surface area contributed by atoms with Crippen molar-refractivity contribution in [2.45, 2.75) is 6.92 Å². The Morgan fingerprint density at radius 2 is 2.12 bits per heavy atom. The lowest BCUT2D eigenvalue weighted by atomic mass is 10.0. The highest BCUT2D eigenvalue weighted by atomic mass is 32.2. The minimum atomic E-state index is -0.312. The van der Waals surface area contributed by atoms with E-state index in [-0.39, 0.29) is 11.7 Å². The number of nitrogens with zero attached hydrogens (tertiary/aromatic N) is 1. The maximum Gasteiger partial charge on any atom is 0.263 e. The average Bonchev–Trinajstić information content (AvgIpc) is 3.08. The predicted molar refractivity (Wildman–Crippen MR) is 100 cm³/mol. The van der Waals surface area contributed by atoms with Gasteiger partial charge in [-0.15, -0.1) is 0 Å². The number of nitrogens with one attached hydrogen (secondary N) is 1. The van der Waals surface area contributed by atoms with E-state index in [1.165, 1.54) is 23.9 Å². The summed E-state index contributed by atoms with van der Waals surface area (Å²) in [5.41, 5.74) is 2.80. The molecule has 4 nitrogen and oxygen atoms in total. The van der Waals surface area contributed by atoms with Gasteiger partial charge in [-0.1, -0.05) is 30.0 Å². The van der Waals surface area contributed by atoms with Crippen molar-refractivity contribution >= 4 is 51.3 Å². The molecule has 2 aromatic heterocycles. The lowest BCUT2D eigenvalue weighted by molar-refractivity contribution is -0.115. The molecule has 0 saturated carbocycles. The molecular weight excluding hydrogens is 359 g/mol. The standard InChI is InChI=1S/C18H11FN2O2S2/c1-9-2-10(4-12(19)3-9)14-8-20-7-11-5-13(23-16(11)14)6-15-17(22)21-18(24)25-15/h2-8H,1H3,(H,21,22,24)/b15-6+. The van der Waals surface area contributed by atoms with E-state index in [4.69, 9.17) is 16.6 Å². The fraction of sp³-hybridized carbons (Fsp3) is 0.0556. The molecule has 1 N–H and O–H groups in total. The maximum absolute atomic E-state index is 13.7. The number of hydrogen-bond donors (Lipinski definition) is 1. The lowest BCUT2D eigenvalue weighted by Gasteiger charge is -2.04. The van der Waals surface area contributed by atoms with Gasteiger partial charge in [0.1, 0.15) is 21.5 Å². The van der Waals surface area contributed by atoms with Crippen molar-refractivity contribution in [2.75, 3.05) is 0 Å². The Hall–Kier alpha value is -2.51. The number of benzene rings is 1. The van der Waals surface area contributed by atoms with Crippen LogP contribution in [-0.2, 0) is 4.79 Å². The Labute approximate surface area is 152 Å². The molecule has 0 unspecified atom stereocenters. The normalized spacial score (nSPS) is 16.0. The number of pyridine rings is 1. The summed E-state index contributed by atoms with van der Waals surface area (Å²) in [5.74, 6) is -0.0391. The lowest BCUT2D eigenvalue weighted by Crippen LogP contribution is -2.17. The Morgan fingerprint density at radius 3 is 2.84 bits per heavy atom. The zero-order valence-electron chi connectivity index (χ0n) is 13.0. The summed E-state index contributed by atoms with van der Waals surface area (Å²) in [6, 6.07) is 6.58. The summed E-state index contributed by atoms with van der Waals surface area (Å²) in [7, 11) is 0. The van der Waals surface area contributed by atoms with Crippen LogP contribution < -0.4 is 5.32 Å². The van der Waals surface area contributed by atoms with Crippen LogP contribution in [0.5, 0.6) is 0 Å². The largest absolute Gasteiger partial charge is 0.456 e. The summed E-state index contributed by atoms with van der Waals surface area (Å²) in [5, 5.41) is 3.34. The molecule has 0 bridgehead atoms. The number of carbonyl (C=O) groups excluding carboxylic acids is 1. The number of thioether (sulfide) groups is 1. The summed E-state index contributed by atoms with van der Waals surface area (Å²) in [6.07, 6.45) is 4.95. The van der Waals surface area contributed by atoms with Gasteiger partial charge in [0.25, 0.3) is 5.91 Å². The molecule has 1 amide bonds. The number of hydrogen-bond acceptors (Lipinski definition) is 5. The van der Waals surface area contributed by atoms with Crippen LogP contribution in [0.25, 0.3) is 28.2 Å². The molecule has 0 radical (unpaired) electrons. The van der Waals surface area contributed by atoms with E-state index in [0.29, 0.717) is 31.7 Å². The van der Waals surface area contributed by atoms with Crippen LogP contribution >= 0.6 is 24.0 Å². The van der Waals surface area contributed by atoms with Crippen LogP contribution in [0.2, 0.25) is 0 Å². The van der Waals surface area contributed by atoms with Crippen LogP contribution in [0.1, 0.15) is 11.3 Å². The molecule has 1 aromatic carbocycles. The second kappa shape index (κ2) is 6.09. The molecule has 0 atom stereocenters. The summed E-state index contributed by atoms with van der Waals surface area (Å²) in [6.45, 7) is 1.83. The highest BCUT2D eigenvalue weighted by Crippen LogP contribution is 2.33. The van der Waals surface area contributed by atoms with Gasteiger partial charge in [-0.3, -0.25) is 9.78 Å². The van der Waals surface area contributed by atoms with Crippen LogP contribution in [0.15, 0.2) is 46.0 Å². The molecular formula is C18H11FN2O2S2. The molecule has 25 heavy (non-hydrogen) atoms. The Kier molecular flexibility index (Phi) is 3.89. The highest BCUT2D eigenvalue weighted by Gasteiger charge is 2.23. The number of aryl methyl sites for hydroxylation is 1. The molecule has 4 rings (SSSR count). The van der Waals surface area contributed by atoms with Crippen LogP contribution in [-0.4, -0.2) is 15.2 Å². The number of amides is 1. The molecule has 1 fully saturated rings. The molecule has 7 heteroatoms. The highest BCUT2D eigenvalue weighted by molar-refractivity contribution is 8.26. The number of carbonyl (C=O) groups is 1. The van der Waals surface area contributed by atoms with Crippen molar-refractivity contribution in [3.05, 3.63) is 58.7 Å². The van der Waals surface area contributed by atoms with Crippen molar-refractivity contribution in [1.29, 1.82) is 0 Å². The average molecular weight is 370 g/mol. The first-order valence-corrected chi connectivity index (χ1v) is 8.62. The summed E-state index contributed by atoms with van der Waals surface area (Å²) < 4.78 is 20.1. The number of thiocarbonyl (C=S) groups is 1. The van der Waals surface area contributed by atoms with Crippen LogP contribution in [0, 0.1) is 12.7 Å². The van der Waals surface area contributed by atoms with Gasteiger partial charge in [-0.05, 0) is 36.2 Å². The first-order valence-electron chi connectivity index (χ1n) is 7.39. The SMILES string of the molecule is Cc1cc(F)cc(-c2cncc3cc(/C=C4/SC(=S)NC4=O)oc23)c1. The Balaban J connectivity index is 1.83. The van der Waals surface area contributed by atoms with E-state index in [9.17, 15) is 9.18 Å². The van der Waals surface area contributed by atoms with Crippen molar-refractivity contribution in [2.24, 2.45) is 0 Å². The Morgan fingerprint density at radius 1 is 1.28 bits per heavy atom. The minimum absolute atomic E-state index is 0.241. The molecule has 124 valence electrons. The third-order valence-corrected chi connectivity index (χ3v) is 4.87. The molecule has 3 aromatic rings. The van der Waals surface area contributed by atoms with Gasteiger partial charge in [0, 0.05) is 29.4 Å². The van der Waals surface area contributed by atoms with E-state index in [1.54, 1.807) is 24.5 Å². The van der Waals surface area contributed by atoms with E-state index < -0.39 is 0 Å². The van der Waals surface area contributed by atoms with Gasteiger partial charge >= 0.3 is 0 Å².